The first-order valence-corrected chi connectivity index (χ1v) is 71.6. The molecule has 3 heterocycles. The lowest BCUT2D eigenvalue weighted by Crippen LogP contribution is -2.46. The number of hydrogen-bond donors (Lipinski definition) is 4. The molecule has 744 valence electrons. The van der Waals surface area contributed by atoms with Crippen molar-refractivity contribution in [3.05, 3.63) is 322 Å². The van der Waals surface area contributed by atoms with Gasteiger partial charge in [0.2, 0.25) is 0 Å². The van der Waals surface area contributed by atoms with E-state index in [0.717, 1.165) is 61.3 Å². The van der Waals surface area contributed by atoms with Gasteiger partial charge in [-0.3, -0.25) is 0 Å². The molecule has 0 saturated carbocycles. The van der Waals surface area contributed by atoms with Crippen LogP contribution in [-0.4, -0.2) is 76.9 Å². The highest BCUT2D eigenvalue weighted by atomic mass is 28.3. The number of fused-ring (bicyclic) bond motifs is 9. The van der Waals surface area contributed by atoms with Crippen LogP contribution in [0.2, 0.25) is 127 Å². The first kappa shape index (κ1) is 112. The zero-order valence-corrected chi connectivity index (χ0v) is 95.5. The van der Waals surface area contributed by atoms with Gasteiger partial charge in [0, 0.05) is 54.6 Å². The Morgan fingerprint density at radius 1 is 0.177 bits per heavy atom. The lowest BCUT2D eigenvalue weighted by Gasteiger charge is -2.31. The summed E-state index contributed by atoms with van der Waals surface area (Å²) in [4.78, 5) is 0. The summed E-state index contributed by atoms with van der Waals surface area (Å²) in [5.41, 5.74) is 14.7. The number of phenols is 4. The van der Waals surface area contributed by atoms with Crippen molar-refractivity contribution >= 4 is 159 Å². The fraction of sp³-hybridized carbons (Fsp3) is 0.339. The zero-order chi connectivity index (χ0) is 101. The maximum absolute atomic E-state index is 11.3. The number of hydrogen-bond acceptors (Lipinski definition) is 7. The summed E-state index contributed by atoms with van der Waals surface area (Å²) in [6.07, 6.45) is 0. The Bertz CT molecular complexity index is 6560. The van der Waals surface area contributed by atoms with Gasteiger partial charge in [-0.25, -0.2) is 0 Å². The van der Waals surface area contributed by atoms with Crippen molar-refractivity contribution < 1.29 is 33.7 Å². The van der Waals surface area contributed by atoms with Crippen LogP contribution >= 0.6 is 0 Å². The van der Waals surface area contributed by atoms with Crippen molar-refractivity contribution in [2.24, 2.45) is 0 Å². The Kier molecular flexibility index (Phi) is 41.7. The molecule has 4 N–H and O–H groups in total. The van der Waals surface area contributed by atoms with Crippen molar-refractivity contribution in [3.8, 4) is 67.5 Å². The van der Waals surface area contributed by atoms with Gasteiger partial charge in [-0.05, 0) is 78.5 Å². The summed E-state index contributed by atoms with van der Waals surface area (Å²) >= 11 is 0. The van der Waals surface area contributed by atoms with Crippen LogP contribution in [0.25, 0.3) is 110 Å². The van der Waals surface area contributed by atoms with Crippen LogP contribution in [0.4, 0.5) is 0 Å². The van der Waals surface area contributed by atoms with Crippen molar-refractivity contribution in [1.82, 2.24) is 0 Å². The molecule has 0 aliphatic rings. The Labute approximate surface area is 854 Å². The fourth-order valence-electron chi connectivity index (χ4n) is 22.9. The maximum atomic E-state index is 11.3. The monoisotopic (exact) mass is 2000 g/mol. The highest BCUT2D eigenvalue weighted by Gasteiger charge is 2.39. The van der Waals surface area contributed by atoms with Crippen molar-refractivity contribution in [2.75, 3.05) is 0 Å². The van der Waals surface area contributed by atoms with E-state index in [1.807, 2.05) is 127 Å². The SMILES string of the molecule is C.CC[Si](CC)(CC)c1cccc(-c2cccc([Si](CC)(CC)CC)c2O)c1.CC[Si](CC)(CC)c1cccc(-c2ccccc2)c1O.CC[Si](CC)(CC)c1cccc(-c2ccccc2O)c1.CC[Si](CC)(CC)c1cccc2c1oc1c([Si](CC)(CC)CC)cccc12.CC[Si](CC)(CC)c1cccc2c1oc1ccccc12.Oc1ccccc1-c1ccccc1.c1ccc2c(c1)oc1ccccc12. The first-order chi connectivity index (χ1) is 68.0. The Balaban J connectivity index is 0.000000171. The highest BCUT2D eigenvalue weighted by molar-refractivity contribution is 6.96. The molecule has 14 heteroatoms. The molecule has 17 rings (SSSR count). The molecule has 141 heavy (non-hydrogen) atoms. The summed E-state index contributed by atoms with van der Waals surface area (Å²) in [7, 11) is -10.3. The van der Waals surface area contributed by atoms with Crippen molar-refractivity contribution in [1.29, 1.82) is 0 Å². The molecule has 0 atom stereocenters. The van der Waals surface area contributed by atoms with Gasteiger partial charge in [0.1, 0.15) is 56.5 Å². The van der Waals surface area contributed by atoms with Crippen LogP contribution < -0.4 is 36.3 Å². The predicted octanol–water partition coefficient (Wildman–Crippen LogP) is 35.6. The number of rotatable bonds is 32. The second-order valence-corrected chi connectivity index (χ2v) is 75.2. The van der Waals surface area contributed by atoms with Gasteiger partial charge >= 0.3 is 0 Å². The van der Waals surface area contributed by atoms with E-state index in [0.29, 0.717) is 23.0 Å². The molecule has 0 bridgehead atoms. The van der Waals surface area contributed by atoms with E-state index in [1.165, 1.54) is 197 Å². The standard InChI is InChI=1S/C24H36OSi2.C24H38OSi2.C18H22OSi.2C18H24OSi.C12H8O.C12H10O.CH4/c1-7-26(8-2,9-3)21-17-13-15-19-20-16-14-18-22(24(20)25-23(19)21)27(10-4,11-5)12-6;1-7-26(8-2,9-3)21-16-13-15-20(19-21)22-17-14-18-23(24(22)25)27(10-4,11-5)12-6;1-4-20(5-2,6-3)17-13-9-11-15-14-10-7-8-12-16(14)19-18(15)17;1-4-20(5-2,6-3)16-11-9-10-15(14-16)17-12-7-8-13-18(17)19;1-4-20(5-2,6-3)17-14-10-13-16(18(17)19)15-11-8-7-9-12-15;1-3-7-11-9(5-1)10-6-2-4-8-12(10)13-11;13-12-9-5-4-8-11(12)10-6-2-1-3-7-10;/h13-18H,7-12H2,1-6H3;13-19,25H,7-12H2,1-6H3;7-13H,4-6H2,1-3H3;2*7-14,19H,4-6H2,1-3H3;1-8H;1-9,13H;1H4. The van der Waals surface area contributed by atoms with Crippen LogP contribution in [0.5, 0.6) is 23.0 Å². The molecule has 3 aromatic heterocycles. The smallest absolute Gasteiger partial charge is 0.135 e. The van der Waals surface area contributed by atoms with Gasteiger partial charge in [-0.2, -0.15) is 0 Å². The minimum atomic E-state index is -1.61. The number of furan rings is 3. The molecular weight excluding hydrogens is 1830 g/mol. The van der Waals surface area contributed by atoms with Crippen LogP contribution in [0, 0.1) is 0 Å². The fourth-order valence-corrected chi connectivity index (χ4v) is 49.0. The van der Waals surface area contributed by atoms with Gasteiger partial charge in [0.25, 0.3) is 0 Å². The van der Waals surface area contributed by atoms with E-state index in [1.54, 1.807) is 27.7 Å². The minimum absolute atomic E-state index is 0. The minimum Gasteiger partial charge on any atom is -0.507 e. The lowest BCUT2D eigenvalue weighted by atomic mass is 10.0. The first-order valence-electron chi connectivity index (χ1n) is 53.2. The molecule has 0 radical (unpaired) electrons. The lowest BCUT2D eigenvalue weighted by molar-refractivity contribution is 0.477. The molecule has 14 aromatic carbocycles. The summed E-state index contributed by atoms with van der Waals surface area (Å²) in [6.45, 7) is 49.1. The van der Waals surface area contributed by atoms with E-state index < -0.39 is 56.5 Å². The average molecular weight is 2000 g/mol. The third-order valence-corrected chi connectivity index (χ3v) is 73.1. The third-order valence-electron chi connectivity index (χ3n) is 33.9. The zero-order valence-electron chi connectivity index (χ0n) is 88.5. The van der Waals surface area contributed by atoms with Gasteiger partial charge < -0.3 is 33.7 Å². The predicted molar refractivity (Wildman–Crippen MR) is 640 cm³/mol. The summed E-state index contributed by atoms with van der Waals surface area (Å²) < 4.78 is 18.7. The van der Waals surface area contributed by atoms with E-state index in [-0.39, 0.29) is 7.43 Å². The quantitative estimate of drug-likeness (QED) is 0.0310. The molecule has 7 nitrogen and oxygen atoms in total. The van der Waals surface area contributed by atoms with E-state index in [2.05, 4.69) is 327 Å². The molecule has 17 aromatic rings. The number of benzene rings is 14. The highest BCUT2D eigenvalue weighted by Crippen LogP contribution is 2.41. The topological polar surface area (TPSA) is 120 Å². The van der Waals surface area contributed by atoms with E-state index >= 15 is 0 Å². The molecule has 0 spiro atoms. The molecule has 0 aliphatic carbocycles. The molecule has 0 aliphatic heterocycles. The maximum Gasteiger partial charge on any atom is 0.135 e. The van der Waals surface area contributed by atoms with Crippen molar-refractivity contribution in [2.45, 2.75) is 280 Å². The summed E-state index contributed by atoms with van der Waals surface area (Å²) in [6, 6.07) is 137. The number of phenolic OH excluding ortho intramolecular Hbond substituents is 4. The second kappa shape index (κ2) is 52.5. The number of aromatic hydroxyl groups is 4. The number of para-hydroxylation sites is 10. The Morgan fingerprint density at radius 2 is 0.390 bits per heavy atom. The van der Waals surface area contributed by atoms with E-state index in [4.69, 9.17) is 13.3 Å². The summed E-state index contributed by atoms with van der Waals surface area (Å²) in [5, 5.41) is 59.4. The molecular formula is C127H166O7Si7. The Morgan fingerprint density at radius 3 is 0.723 bits per heavy atom. The van der Waals surface area contributed by atoms with E-state index in [9.17, 15) is 20.4 Å². The Hall–Kier alpha value is -10.8. The van der Waals surface area contributed by atoms with Gasteiger partial charge in [-0.15, -0.1) is 0 Å². The van der Waals surface area contributed by atoms with Gasteiger partial charge in [0.15, 0.2) is 0 Å². The van der Waals surface area contributed by atoms with Crippen molar-refractivity contribution in [3.63, 3.8) is 0 Å². The largest absolute Gasteiger partial charge is 0.507 e. The van der Waals surface area contributed by atoms with Gasteiger partial charge in [-0.1, -0.05) is 581 Å². The summed E-state index contributed by atoms with van der Waals surface area (Å²) in [5.74, 6) is 1.75. The van der Waals surface area contributed by atoms with Crippen LogP contribution in [0.15, 0.2) is 335 Å². The van der Waals surface area contributed by atoms with Crippen LogP contribution in [0.1, 0.15) is 153 Å². The molecule has 0 unspecified atom stereocenters. The molecule has 0 amide bonds. The second-order valence-electron chi connectivity index (χ2n) is 38.6. The van der Waals surface area contributed by atoms with Crippen LogP contribution in [-0.2, 0) is 0 Å². The normalized spacial score (nSPS) is 11.8. The molecule has 0 saturated heterocycles. The van der Waals surface area contributed by atoms with Crippen LogP contribution in [0.3, 0.4) is 0 Å². The van der Waals surface area contributed by atoms with Gasteiger partial charge in [0.05, 0.1) is 56.5 Å². The average Bonchev–Trinajstić information content (AvgIpc) is 1.58. The molecule has 0 fully saturated rings. The third kappa shape index (κ3) is 24.0.